The van der Waals surface area contributed by atoms with Crippen LogP contribution in [0.5, 0.6) is 0 Å². The van der Waals surface area contributed by atoms with Crippen molar-refractivity contribution in [3.8, 4) is 0 Å². The minimum atomic E-state index is 0. The van der Waals surface area contributed by atoms with Crippen LogP contribution in [0.15, 0.2) is 0 Å². The van der Waals surface area contributed by atoms with Gasteiger partial charge in [-0.25, -0.2) is 0 Å². The normalized spacial score (nSPS) is 12.1. The summed E-state index contributed by atoms with van der Waals surface area (Å²) < 4.78 is 0. The van der Waals surface area contributed by atoms with E-state index < -0.39 is 0 Å². The molecule has 0 radical (unpaired) electrons. The van der Waals surface area contributed by atoms with Crippen molar-refractivity contribution in [1.29, 1.82) is 0 Å². The highest BCUT2D eigenvalue weighted by Crippen LogP contribution is 2.15. The molecule has 29 heavy (non-hydrogen) atoms. The first-order valence-electron chi connectivity index (χ1n) is 13.5. The molecule has 0 aromatic carbocycles. The van der Waals surface area contributed by atoms with Crippen molar-refractivity contribution in [3.63, 3.8) is 0 Å². The van der Waals surface area contributed by atoms with E-state index in [2.05, 4.69) is 20.8 Å². The van der Waals surface area contributed by atoms with Crippen molar-refractivity contribution in [2.45, 2.75) is 156 Å². The molecule has 0 saturated heterocycles. The van der Waals surface area contributed by atoms with Gasteiger partial charge in [0.2, 0.25) is 0 Å². The summed E-state index contributed by atoms with van der Waals surface area (Å²) in [7, 11) is 0.749. The van der Waals surface area contributed by atoms with Crippen molar-refractivity contribution >= 4 is 10.9 Å². The van der Waals surface area contributed by atoms with Gasteiger partial charge in [0, 0.05) is 0 Å². The van der Waals surface area contributed by atoms with E-state index in [0.29, 0.717) is 0 Å². The molecule has 0 aliphatic heterocycles. The molecule has 0 bridgehead atoms. The van der Waals surface area contributed by atoms with Gasteiger partial charge in [0.1, 0.15) is 17.3 Å². The molecule has 0 aromatic rings. The predicted octanol–water partition coefficient (Wildman–Crippen LogP) is 6.86. The Morgan fingerprint density at radius 2 is 0.655 bits per heavy atom. The Labute approximate surface area is 195 Å². The van der Waals surface area contributed by atoms with Gasteiger partial charge in [-0.1, -0.05) is 129 Å². The lowest BCUT2D eigenvalue weighted by molar-refractivity contribution is -0.00000632. The van der Waals surface area contributed by atoms with E-state index in [0.717, 1.165) is 10.9 Å². The first kappa shape index (κ1) is 31.8. The molecule has 0 aliphatic rings. The van der Waals surface area contributed by atoms with Crippen molar-refractivity contribution in [1.82, 2.24) is 0 Å². The second-order valence-corrected chi connectivity index (χ2v) is 11.6. The Morgan fingerprint density at radius 3 is 0.931 bits per heavy atom. The zero-order valence-electron chi connectivity index (χ0n) is 20.8. The number of hydrogen-bond acceptors (Lipinski definition) is 0. The highest BCUT2D eigenvalue weighted by Gasteiger charge is 2.12. The third-order valence-electron chi connectivity index (χ3n) is 6.19. The molecule has 178 valence electrons. The summed E-state index contributed by atoms with van der Waals surface area (Å²) in [6.07, 6.45) is 31.0. The molecule has 1 atom stereocenters. The zero-order valence-corrected chi connectivity index (χ0v) is 22.3. The van der Waals surface area contributed by atoms with Crippen LogP contribution in [0.3, 0.4) is 0 Å². The van der Waals surface area contributed by atoms with E-state index in [1.165, 1.54) is 152 Å². The smallest absolute Gasteiger partial charge is 0.108 e. The molecule has 0 nitrogen and oxygen atoms in total. The van der Waals surface area contributed by atoms with Crippen LogP contribution in [-0.2, 0) is 10.9 Å². The number of hydrogen-bond donors (Lipinski definition) is 0. The third-order valence-corrected chi connectivity index (χ3v) is 8.86. The van der Waals surface area contributed by atoms with E-state index in [1.807, 2.05) is 0 Å². The minimum absolute atomic E-state index is 0. The molecule has 1 unspecified atom stereocenters. The van der Waals surface area contributed by atoms with Crippen LogP contribution in [0, 0.1) is 0 Å². The second-order valence-electron chi connectivity index (χ2n) is 9.03. The van der Waals surface area contributed by atoms with Crippen LogP contribution in [0.4, 0.5) is 0 Å². The number of halogens is 1. The fourth-order valence-electron chi connectivity index (χ4n) is 4.24. The van der Waals surface area contributed by atoms with Crippen LogP contribution in [-0.4, -0.2) is 17.3 Å². The van der Waals surface area contributed by atoms with Gasteiger partial charge in [-0.05, 0) is 37.1 Å². The first-order chi connectivity index (χ1) is 13.8. The van der Waals surface area contributed by atoms with Crippen LogP contribution in [0.2, 0.25) is 0 Å². The highest BCUT2D eigenvalue weighted by atomic mass is 35.5. The van der Waals surface area contributed by atoms with Gasteiger partial charge in [0.05, 0.1) is 0 Å². The lowest BCUT2D eigenvalue weighted by Crippen LogP contribution is -3.00. The standard InChI is InChI=1S/C27H57S.ClH/c1-4-7-8-9-10-11-12-13-14-15-16-17-18-19-20-21-22-23-24-25-27-28(6-3)26-5-2;/h4-27H2,1-3H3;1H/q+1;/p-1. The van der Waals surface area contributed by atoms with Crippen LogP contribution >= 0.6 is 0 Å². The Bertz CT molecular complexity index is 269. The van der Waals surface area contributed by atoms with Gasteiger partial charge < -0.3 is 12.4 Å². The fourth-order valence-corrected chi connectivity index (χ4v) is 6.21. The molecule has 0 rings (SSSR count). The minimum Gasteiger partial charge on any atom is -1.00 e. The molecule has 0 N–H and O–H groups in total. The maximum atomic E-state index is 2.38. The van der Waals surface area contributed by atoms with Crippen LogP contribution in [0.1, 0.15) is 156 Å². The molecule has 0 heterocycles. The van der Waals surface area contributed by atoms with E-state index in [-0.39, 0.29) is 12.4 Å². The molecule has 0 aromatic heterocycles. The average molecular weight is 449 g/mol. The summed E-state index contributed by atoms with van der Waals surface area (Å²) in [5.74, 6) is 4.42. The maximum absolute atomic E-state index is 2.38. The average Bonchev–Trinajstić information content (AvgIpc) is 2.71. The highest BCUT2D eigenvalue weighted by molar-refractivity contribution is 7.96. The van der Waals surface area contributed by atoms with Crippen molar-refractivity contribution in [3.05, 3.63) is 0 Å². The Balaban J connectivity index is 0. The monoisotopic (exact) mass is 448 g/mol. The van der Waals surface area contributed by atoms with Crippen LogP contribution < -0.4 is 12.4 Å². The summed E-state index contributed by atoms with van der Waals surface area (Å²) >= 11 is 0. The first-order valence-corrected chi connectivity index (χ1v) is 15.2. The maximum Gasteiger partial charge on any atom is 0.108 e. The van der Waals surface area contributed by atoms with Gasteiger partial charge in [0.15, 0.2) is 0 Å². The van der Waals surface area contributed by atoms with E-state index in [4.69, 9.17) is 0 Å². The van der Waals surface area contributed by atoms with Gasteiger partial charge in [-0.3, -0.25) is 0 Å². The Morgan fingerprint density at radius 1 is 0.345 bits per heavy atom. The van der Waals surface area contributed by atoms with E-state index in [1.54, 1.807) is 0 Å². The van der Waals surface area contributed by atoms with Gasteiger partial charge in [-0.15, -0.1) is 0 Å². The number of unbranched alkanes of at least 4 members (excludes halogenated alkanes) is 19. The molecule has 0 aliphatic carbocycles. The Hall–Kier alpha value is 0.640. The fraction of sp³-hybridized carbons (Fsp3) is 1.00. The summed E-state index contributed by atoms with van der Waals surface area (Å²) in [5, 5.41) is 0. The number of rotatable bonds is 24. The molecule has 0 amide bonds. The van der Waals surface area contributed by atoms with Crippen molar-refractivity contribution < 1.29 is 12.4 Å². The van der Waals surface area contributed by atoms with Crippen molar-refractivity contribution in [2.75, 3.05) is 17.3 Å². The molecule has 0 fully saturated rings. The Kier molecular flexibility index (Phi) is 31.4. The molecule has 2 heteroatoms. The largest absolute Gasteiger partial charge is 1.00 e. The van der Waals surface area contributed by atoms with Gasteiger partial charge in [-0.2, -0.15) is 0 Å². The summed E-state index contributed by atoms with van der Waals surface area (Å²) in [4.78, 5) is 0. The summed E-state index contributed by atoms with van der Waals surface area (Å²) in [6, 6.07) is 0. The van der Waals surface area contributed by atoms with Crippen LogP contribution in [0.25, 0.3) is 0 Å². The van der Waals surface area contributed by atoms with Gasteiger partial charge >= 0.3 is 0 Å². The quantitative estimate of drug-likeness (QED) is 0.112. The zero-order chi connectivity index (χ0) is 20.5. The third kappa shape index (κ3) is 26.6. The van der Waals surface area contributed by atoms with E-state index >= 15 is 0 Å². The SMILES string of the molecule is CCCCCCCCCCCCCCCCCCCCCC[S+](CC)CCC.[Cl-]. The lowest BCUT2D eigenvalue weighted by Gasteiger charge is -2.06. The molecular weight excluding hydrogens is 392 g/mol. The predicted molar refractivity (Wildman–Crippen MR) is 136 cm³/mol. The summed E-state index contributed by atoms with van der Waals surface area (Å²) in [5.41, 5.74) is 0. The molecular formula is C27H57ClS. The molecule has 0 spiro atoms. The van der Waals surface area contributed by atoms with Gasteiger partial charge in [0.25, 0.3) is 0 Å². The second kappa shape index (κ2) is 28.6. The topological polar surface area (TPSA) is 0 Å². The summed E-state index contributed by atoms with van der Waals surface area (Å²) in [6.45, 7) is 7.03. The van der Waals surface area contributed by atoms with Crippen molar-refractivity contribution in [2.24, 2.45) is 0 Å². The molecule has 0 saturated carbocycles. The lowest BCUT2D eigenvalue weighted by atomic mass is 10.0. The van der Waals surface area contributed by atoms with E-state index in [9.17, 15) is 0 Å².